The van der Waals surface area contributed by atoms with E-state index >= 15 is 0 Å². The minimum Gasteiger partial charge on any atom is -0.373 e. The van der Waals surface area contributed by atoms with E-state index in [-0.39, 0.29) is 30.1 Å². The van der Waals surface area contributed by atoms with Crippen LogP contribution in [-0.4, -0.2) is 32.7 Å². The molecular weight excluding hydrogens is 401 g/mol. The lowest BCUT2D eigenvalue weighted by atomic mass is 9.89. The highest BCUT2D eigenvalue weighted by Crippen LogP contribution is 2.32. The Morgan fingerprint density at radius 3 is 2.65 bits per heavy atom. The fourth-order valence-corrected chi connectivity index (χ4v) is 2.81. The van der Waals surface area contributed by atoms with Gasteiger partial charge in [0.25, 0.3) is 0 Å². The van der Waals surface area contributed by atoms with E-state index in [1.54, 1.807) is 0 Å². The standard InChI is InChI=1S/C18H29N3O.HI/c1-14(2)12-20-18(19-3)21-13-16-10-7-11-22-17(16)15-8-5-4-6-9-15;/h4-6,8-9,14,16-17H,7,10-13H2,1-3H3,(H2,19,20,21);1H. The largest absolute Gasteiger partial charge is 0.373 e. The molecule has 0 radical (unpaired) electrons. The van der Waals surface area contributed by atoms with Gasteiger partial charge in [-0.2, -0.15) is 0 Å². The Morgan fingerprint density at radius 2 is 2.00 bits per heavy atom. The predicted octanol–water partition coefficient (Wildman–Crippen LogP) is 3.59. The zero-order valence-corrected chi connectivity index (χ0v) is 16.7. The first-order valence-corrected chi connectivity index (χ1v) is 8.31. The maximum atomic E-state index is 6.04. The summed E-state index contributed by atoms with van der Waals surface area (Å²) in [5, 5.41) is 6.81. The number of nitrogens with zero attached hydrogens (tertiary/aromatic N) is 1. The Kier molecular flexibility index (Phi) is 9.55. The summed E-state index contributed by atoms with van der Waals surface area (Å²) in [6, 6.07) is 10.5. The number of halogens is 1. The number of benzene rings is 1. The first kappa shape index (κ1) is 20.2. The van der Waals surface area contributed by atoms with Gasteiger partial charge in [0.15, 0.2) is 5.96 Å². The molecule has 0 bridgehead atoms. The smallest absolute Gasteiger partial charge is 0.190 e. The summed E-state index contributed by atoms with van der Waals surface area (Å²) in [4.78, 5) is 4.30. The minimum absolute atomic E-state index is 0. The molecule has 130 valence electrons. The number of rotatable bonds is 5. The van der Waals surface area contributed by atoms with Crippen molar-refractivity contribution in [3.63, 3.8) is 0 Å². The average molecular weight is 431 g/mol. The van der Waals surface area contributed by atoms with Crippen molar-refractivity contribution in [3.05, 3.63) is 35.9 Å². The highest BCUT2D eigenvalue weighted by molar-refractivity contribution is 14.0. The molecule has 2 N–H and O–H groups in total. The number of nitrogens with one attached hydrogen (secondary N) is 2. The van der Waals surface area contributed by atoms with Crippen molar-refractivity contribution in [2.45, 2.75) is 32.8 Å². The van der Waals surface area contributed by atoms with Crippen LogP contribution in [0.3, 0.4) is 0 Å². The number of aliphatic imine (C=N–C) groups is 1. The van der Waals surface area contributed by atoms with Crippen LogP contribution in [0, 0.1) is 11.8 Å². The van der Waals surface area contributed by atoms with E-state index in [9.17, 15) is 0 Å². The van der Waals surface area contributed by atoms with Gasteiger partial charge in [-0.15, -0.1) is 24.0 Å². The van der Waals surface area contributed by atoms with Gasteiger partial charge < -0.3 is 15.4 Å². The van der Waals surface area contributed by atoms with E-state index in [2.05, 4.69) is 59.8 Å². The van der Waals surface area contributed by atoms with E-state index in [0.29, 0.717) is 11.8 Å². The Hall–Kier alpha value is -0.820. The summed E-state index contributed by atoms with van der Waals surface area (Å²) >= 11 is 0. The molecule has 1 aromatic rings. The van der Waals surface area contributed by atoms with Gasteiger partial charge in [-0.25, -0.2) is 0 Å². The highest BCUT2D eigenvalue weighted by Gasteiger charge is 2.27. The molecule has 0 saturated carbocycles. The van der Waals surface area contributed by atoms with Crippen LogP contribution >= 0.6 is 24.0 Å². The number of hydrogen-bond donors (Lipinski definition) is 2. The summed E-state index contributed by atoms with van der Waals surface area (Å²) in [5.41, 5.74) is 1.28. The highest BCUT2D eigenvalue weighted by atomic mass is 127. The normalized spacial score (nSPS) is 21.7. The second kappa shape index (κ2) is 10.9. The van der Waals surface area contributed by atoms with Crippen molar-refractivity contribution in [1.82, 2.24) is 10.6 Å². The SMILES string of the molecule is CN=C(NCC(C)C)NCC1CCCOC1c1ccccc1.I. The summed E-state index contributed by atoms with van der Waals surface area (Å²) < 4.78 is 6.04. The van der Waals surface area contributed by atoms with Crippen LogP contribution in [-0.2, 0) is 4.74 Å². The van der Waals surface area contributed by atoms with Crippen LogP contribution in [0.4, 0.5) is 0 Å². The average Bonchev–Trinajstić information content (AvgIpc) is 2.56. The Balaban J connectivity index is 0.00000264. The molecule has 4 nitrogen and oxygen atoms in total. The molecule has 1 aromatic carbocycles. The Bertz CT molecular complexity index is 465. The van der Waals surface area contributed by atoms with E-state index in [0.717, 1.165) is 32.1 Å². The van der Waals surface area contributed by atoms with Crippen molar-refractivity contribution >= 4 is 29.9 Å². The maximum Gasteiger partial charge on any atom is 0.190 e. The third-order valence-electron chi connectivity index (χ3n) is 4.01. The molecule has 1 heterocycles. The number of hydrogen-bond acceptors (Lipinski definition) is 2. The minimum atomic E-state index is 0. The lowest BCUT2D eigenvalue weighted by Crippen LogP contribution is -2.43. The lowest BCUT2D eigenvalue weighted by molar-refractivity contribution is -0.0265. The first-order chi connectivity index (χ1) is 10.7. The second-order valence-corrected chi connectivity index (χ2v) is 6.33. The molecule has 0 amide bonds. The molecular formula is C18H30IN3O. The monoisotopic (exact) mass is 431 g/mol. The third-order valence-corrected chi connectivity index (χ3v) is 4.01. The van der Waals surface area contributed by atoms with Crippen molar-refractivity contribution in [3.8, 4) is 0 Å². The molecule has 5 heteroatoms. The fraction of sp³-hybridized carbons (Fsp3) is 0.611. The van der Waals surface area contributed by atoms with E-state index in [1.807, 2.05) is 7.05 Å². The molecule has 2 atom stereocenters. The second-order valence-electron chi connectivity index (χ2n) is 6.33. The molecule has 0 aromatic heterocycles. The van der Waals surface area contributed by atoms with E-state index in [1.165, 1.54) is 12.0 Å². The number of guanidine groups is 1. The Morgan fingerprint density at radius 1 is 1.26 bits per heavy atom. The summed E-state index contributed by atoms with van der Waals surface area (Å²) in [5.74, 6) is 1.97. The van der Waals surface area contributed by atoms with Crippen LogP contribution in [0.5, 0.6) is 0 Å². The van der Waals surface area contributed by atoms with Crippen molar-refractivity contribution in [2.24, 2.45) is 16.8 Å². The van der Waals surface area contributed by atoms with Gasteiger partial charge >= 0.3 is 0 Å². The van der Waals surface area contributed by atoms with Gasteiger partial charge in [-0.3, -0.25) is 4.99 Å². The van der Waals surface area contributed by atoms with Crippen molar-refractivity contribution in [2.75, 3.05) is 26.7 Å². The maximum absolute atomic E-state index is 6.04. The van der Waals surface area contributed by atoms with Gasteiger partial charge in [-0.1, -0.05) is 44.2 Å². The van der Waals surface area contributed by atoms with Crippen molar-refractivity contribution < 1.29 is 4.74 Å². The number of ether oxygens (including phenoxy) is 1. The summed E-state index contributed by atoms with van der Waals surface area (Å²) in [6.45, 7) is 7.07. The molecule has 0 spiro atoms. The molecule has 2 rings (SSSR count). The third kappa shape index (κ3) is 6.67. The van der Waals surface area contributed by atoms with Crippen LogP contribution in [0.2, 0.25) is 0 Å². The molecule has 1 aliphatic rings. The zero-order chi connectivity index (χ0) is 15.8. The van der Waals surface area contributed by atoms with Gasteiger partial charge in [0.05, 0.1) is 6.10 Å². The predicted molar refractivity (Wildman–Crippen MR) is 107 cm³/mol. The molecule has 1 aliphatic heterocycles. The van der Waals surface area contributed by atoms with Gasteiger partial charge in [0.2, 0.25) is 0 Å². The molecule has 23 heavy (non-hydrogen) atoms. The lowest BCUT2D eigenvalue weighted by Gasteiger charge is -2.32. The molecule has 2 unspecified atom stereocenters. The molecule has 1 saturated heterocycles. The van der Waals surface area contributed by atoms with Crippen LogP contribution < -0.4 is 10.6 Å². The van der Waals surface area contributed by atoms with E-state index < -0.39 is 0 Å². The van der Waals surface area contributed by atoms with Gasteiger partial charge in [0, 0.05) is 32.7 Å². The molecule has 0 aliphatic carbocycles. The van der Waals surface area contributed by atoms with Crippen LogP contribution in [0.25, 0.3) is 0 Å². The summed E-state index contributed by atoms with van der Waals surface area (Å²) in [6.07, 6.45) is 2.51. The topological polar surface area (TPSA) is 45.7 Å². The van der Waals surface area contributed by atoms with Gasteiger partial charge in [0.1, 0.15) is 0 Å². The quantitative estimate of drug-likeness (QED) is 0.426. The van der Waals surface area contributed by atoms with E-state index in [4.69, 9.17) is 4.74 Å². The fourth-order valence-electron chi connectivity index (χ4n) is 2.81. The Labute approximate surface area is 157 Å². The van der Waals surface area contributed by atoms with Crippen LogP contribution in [0.15, 0.2) is 35.3 Å². The first-order valence-electron chi connectivity index (χ1n) is 8.31. The van der Waals surface area contributed by atoms with Crippen LogP contribution in [0.1, 0.15) is 38.4 Å². The van der Waals surface area contributed by atoms with Crippen molar-refractivity contribution in [1.29, 1.82) is 0 Å². The molecule has 1 fully saturated rings. The van der Waals surface area contributed by atoms with Gasteiger partial charge in [-0.05, 0) is 24.3 Å². The zero-order valence-electron chi connectivity index (χ0n) is 14.4. The summed E-state index contributed by atoms with van der Waals surface area (Å²) in [7, 11) is 1.82.